The summed E-state index contributed by atoms with van der Waals surface area (Å²) in [6, 6.07) is 20.5. The number of nitrogens with one attached hydrogen (secondary N) is 2. The van der Waals surface area contributed by atoms with Gasteiger partial charge in [-0.05, 0) is 42.6 Å². The van der Waals surface area contributed by atoms with Crippen molar-refractivity contribution >= 4 is 56.4 Å². The number of carbonyl (C=O) groups is 2. The molecule has 1 aliphatic rings. The normalized spacial score (nSPS) is 15.2. The molecular formula is C27H22BrN3O3S2. The van der Waals surface area contributed by atoms with Crippen LogP contribution in [-0.2, 0) is 4.79 Å². The van der Waals surface area contributed by atoms with Gasteiger partial charge in [-0.25, -0.2) is 0 Å². The van der Waals surface area contributed by atoms with Gasteiger partial charge in [-0.15, -0.1) is 11.3 Å². The number of methoxy groups -OCH3 is 1. The van der Waals surface area contributed by atoms with Crippen LogP contribution in [-0.4, -0.2) is 24.6 Å². The van der Waals surface area contributed by atoms with Crippen LogP contribution >= 0.6 is 39.0 Å². The summed E-state index contributed by atoms with van der Waals surface area (Å²) in [5, 5.41) is 18.8. The first-order valence-corrected chi connectivity index (χ1v) is 13.6. The molecule has 0 spiro atoms. The van der Waals surface area contributed by atoms with Crippen LogP contribution in [0.4, 0.5) is 5.69 Å². The molecule has 1 aliphatic heterocycles. The van der Waals surface area contributed by atoms with Gasteiger partial charge in [-0.3, -0.25) is 9.59 Å². The van der Waals surface area contributed by atoms with Crippen molar-refractivity contribution in [2.24, 2.45) is 0 Å². The zero-order chi connectivity index (χ0) is 25.7. The van der Waals surface area contributed by atoms with Crippen molar-refractivity contribution in [2.75, 3.05) is 18.2 Å². The smallest absolute Gasteiger partial charge is 0.254 e. The predicted octanol–water partition coefficient (Wildman–Crippen LogP) is 6.47. The van der Waals surface area contributed by atoms with Crippen LogP contribution in [0.25, 0.3) is 0 Å². The lowest BCUT2D eigenvalue weighted by atomic mass is 9.86. The molecule has 0 radical (unpaired) electrons. The maximum Gasteiger partial charge on any atom is 0.254 e. The number of rotatable bonds is 8. The van der Waals surface area contributed by atoms with E-state index >= 15 is 0 Å². The van der Waals surface area contributed by atoms with Crippen LogP contribution in [0.15, 0.2) is 92.4 Å². The third kappa shape index (κ3) is 5.57. The van der Waals surface area contributed by atoms with Gasteiger partial charge in [-0.2, -0.15) is 5.26 Å². The largest absolute Gasteiger partial charge is 0.495 e. The number of nitrogens with zero attached hydrogens (tertiary/aromatic N) is 1. The Balaban J connectivity index is 1.64. The molecule has 3 aromatic rings. The van der Waals surface area contributed by atoms with E-state index in [4.69, 9.17) is 4.74 Å². The maximum atomic E-state index is 13.5. The Morgan fingerprint density at radius 1 is 1.17 bits per heavy atom. The lowest BCUT2D eigenvalue weighted by molar-refractivity contribution is -0.113. The molecule has 1 atom stereocenters. The minimum atomic E-state index is -0.559. The van der Waals surface area contributed by atoms with Crippen LogP contribution in [0.1, 0.15) is 28.1 Å². The number of thiophene rings is 1. The van der Waals surface area contributed by atoms with Crippen LogP contribution in [0, 0.1) is 11.3 Å². The van der Waals surface area contributed by atoms with E-state index in [1.54, 1.807) is 31.4 Å². The minimum Gasteiger partial charge on any atom is -0.495 e. The molecule has 2 N–H and O–H groups in total. The minimum absolute atomic E-state index is 0.0480. The number of dihydropyridines is 1. The molecule has 0 bridgehead atoms. The van der Waals surface area contributed by atoms with Crippen LogP contribution in [0.5, 0.6) is 5.75 Å². The van der Waals surface area contributed by atoms with E-state index < -0.39 is 5.92 Å². The van der Waals surface area contributed by atoms with Crippen LogP contribution in [0.3, 0.4) is 0 Å². The molecule has 2 aromatic carbocycles. The number of nitriles is 1. The summed E-state index contributed by atoms with van der Waals surface area (Å²) in [5.41, 5.74) is 2.61. The first-order chi connectivity index (χ1) is 17.4. The molecule has 0 saturated heterocycles. The zero-order valence-corrected chi connectivity index (χ0v) is 22.7. The van der Waals surface area contributed by atoms with Crippen molar-refractivity contribution in [2.45, 2.75) is 12.8 Å². The molecular weight excluding hydrogens is 558 g/mol. The Morgan fingerprint density at radius 3 is 2.58 bits per heavy atom. The van der Waals surface area contributed by atoms with E-state index in [9.17, 15) is 14.9 Å². The standard InChI is InChI=1S/C27H22BrN3O3S2/c1-16-24(26(33)31-20-6-3-4-7-22(20)34-2)25(23-8-5-13-35-23)19(14-29)27(30-16)36-15-21(32)17-9-11-18(28)12-10-17/h3-13,25,30H,15H2,1-2H3,(H,31,33)/t25-/m0/s1. The summed E-state index contributed by atoms with van der Waals surface area (Å²) >= 11 is 6.12. The fourth-order valence-corrected chi connectivity index (χ4v) is 5.96. The Morgan fingerprint density at radius 2 is 1.92 bits per heavy atom. The summed E-state index contributed by atoms with van der Waals surface area (Å²) < 4.78 is 6.27. The third-order valence-electron chi connectivity index (χ3n) is 5.59. The van der Waals surface area contributed by atoms with E-state index in [-0.39, 0.29) is 17.4 Å². The van der Waals surface area contributed by atoms with Gasteiger partial charge in [-0.1, -0.05) is 58.0 Å². The Hall–Kier alpha value is -3.32. The van der Waals surface area contributed by atoms with Gasteiger partial charge in [0.15, 0.2) is 5.78 Å². The Kier molecular flexibility index (Phi) is 8.31. The summed E-state index contributed by atoms with van der Waals surface area (Å²) in [6.45, 7) is 1.81. The fourth-order valence-electron chi connectivity index (χ4n) is 3.86. The number of para-hydroxylation sites is 2. The van der Waals surface area contributed by atoms with Crippen molar-refractivity contribution in [3.05, 3.63) is 103 Å². The number of anilines is 1. The number of thioether (sulfide) groups is 1. The molecule has 1 aromatic heterocycles. The van der Waals surface area contributed by atoms with E-state index in [1.165, 1.54) is 23.1 Å². The Labute approximate surface area is 226 Å². The molecule has 9 heteroatoms. The molecule has 1 amide bonds. The highest BCUT2D eigenvalue weighted by atomic mass is 79.9. The molecule has 6 nitrogen and oxygen atoms in total. The number of halogens is 1. The van der Waals surface area contributed by atoms with Gasteiger partial charge in [0, 0.05) is 26.2 Å². The number of Topliss-reactive ketones (excluding diaryl/α,β-unsaturated/α-hetero) is 1. The second-order valence-corrected chi connectivity index (χ2v) is 10.7. The molecule has 2 heterocycles. The zero-order valence-electron chi connectivity index (χ0n) is 19.5. The van der Waals surface area contributed by atoms with Gasteiger partial charge in [0.1, 0.15) is 5.75 Å². The lowest BCUT2D eigenvalue weighted by Crippen LogP contribution is -2.30. The van der Waals surface area contributed by atoms with Gasteiger partial charge in [0.2, 0.25) is 0 Å². The number of amides is 1. The number of hydrogen-bond acceptors (Lipinski definition) is 7. The summed E-state index contributed by atoms with van der Waals surface area (Å²) in [4.78, 5) is 27.2. The van der Waals surface area contributed by atoms with Gasteiger partial charge >= 0.3 is 0 Å². The number of benzene rings is 2. The molecule has 0 fully saturated rings. The number of ether oxygens (including phenoxy) is 1. The molecule has 0 saturated carbocycles. The quantitative estimate of drug-likeness (QED) is 0.297. The SMILES string of the molecule is COc1ccccc1NC(=O)C1=C(C)NC(SCC(=O)c2ccc(Br)cc2)=C(C#N)[C@H]1c1cccs1. The molecule has 0 unspecified atom stereocenters. The second kappa shape index (κ2) is 11.6. The lowest BCUT2D eigenvalue weighted by Gasteiger charge is -2.29. The van der Waals surface area contributed by atoms with Gasteiger partial charge in [0.05, 0.1) is 41.1 Å². The first-order valence-electron chi connectivity index (χ1n) is 10.9. The van der Waals surface area contributed by atoms with E-state index in [2.05, 4.69) is 32.6 Å². The van der Waals surface area contributed by atoms with Crippen LogP contribution < -0.4 is 15.4 Å². The van der Waals surface area contributed by atoms with Gasteiger partial charge in [0.25, 0.3) is 5.91 Å². The van der Waals surface area contributed by atoms with Crippen LogP contribution in [0.2, 0.25) is 0 Å². The monoisotopic (exact) mass is 579 g/mol. The van der Waals surface area contributed by atoms with Crippen molar-refractivity contribution < 1.29 is 14.3 Å². The van der Waals surface area contributed by atoms with E-state index in [0.717, 1.165) is 9.35 Å². The number of allylic oxidation sites excluding steroid dienone is 2. The third-order valence-corrected chi connectivity index (χ3v) is 8.07. The molecule has 4 rings (SSSR count). The first kappa shape index (κ1) is 25.8. The van der Waals surface area contributed by atoms with E-state index in [0.29, 0.717) is 38.9 Å². The fraction of sp³-hybridized carbons (Fsp3) is 0.148. The number of hydrogen-bond donors (Lipinski definition) is 2. The average Bonchev–Trinajstić information content (AvgIpc) is 3.42. The summed E-state index contributed by atoms with van der Waals surface area (Å²) in [7, 11) is 1.54. The average molecular weight is 581 g/mol. The highest BCUT2D eigenvalue weighted by molar-refractivity contribution is 9.10. The molecule has 0 aliphatic carbocycles. The van der Waals surface area contributed by atoms with Crippen molar-refractivity contribution in [3.8, 4) is 11.8 Å². The van der Waals surface area contributed by atoms with Crippen molar-refractivity contribution in [3.63, 3.8) is 0 Å². The van der Waals surface area contributed by atoms with E-state index in [1.807, 2.05) is 48.7 Å². The summed E-state index contributed by atoms with van der Waals surface area (Å²) in [6.07, 6.45) is 0. The van der Waals surface area contributed by atoms with Crippen molar-refractivity contribution in [1.82, 2.24) is 5.32 Å². The van der Waals surface area contributed by atoms with Gasteiger partial charge < -0.3 is 15.4 Å². The predicted molar refractivity (Wildman–Crippen MR) is 148 cm³/mol. The highest BCUT2D eigenvalue weighted by Gasteiger charge is 2.35. The Bertz CT molecular complexity index is 1390. The van der Waals surface area contributed by atoms with Crippen molar-refractivity contribution in [1.29, 1.82) is 5.26 Å². The topological polar surface area (TPSA) is 91.2 Å². The number of ketones is 1. The molecule has 182 valence electrons. The number of carbonyl (C=O) groups excluding carboxylic acids is 2. The second-order valence-electron chi connectivity index (χ2n) is 7.84. The highest BCUT2D eigenvalue weighted by Crippen LogP contribution is 2.42. The maximum absolute atomic E-state index is 13.5. The molecule has 36 heavy (non-hydrogen) atoms. The summed E-state index contributed by atoms with van der Waals surface area (Å²) in [5.74, 6) is -0.239.